The highest BCUT2D eigenvalue weighted by Crippen LogP contribution is 2.24. The summed E-state index contributed by atoms with van der Waals surface area (Å²) in [7, 11) is -3.59. The summed E-state index contributed by atoms with van der Waals surface area (Å²) in [5.74, 6) is 0.119. The standard InChI is InChI=1S/C11H16ClN3O3S/c1-2-8-7-15(3-4-18-8)19(16,17)9-5-10(12)11(13)14-6-9/h5-6,8H,2-4,7H2,1H3,(H2,13,14). The van der Waals surface area contributed by atoms with Gasteiger partial charge in [-0.25, -0.2) is 13.4 Å². The number of nitrogens with two attached hydrogens (primary N) is 1. The molecule has 1 aliphatic heterocycles. The lowest BCUT2D eigenvalue weighted by molar-refractivity contribution is -0.00278. The zero-order chi connectivity index (χ0) is 14.0. The summed E-state index contributed by atoms with van der Waals surface area (Å²) in [6.07, 6.45) is 1.93. The highest BCUT2D eigenvalue weighted by molar-refractivity contribution is 7.89. The first-order valence-corrected chi connectivity index (χ1v) is 7.79. The molecule has 1 saturated heterocycles. The summed E-state index contributed by atoms with van der Waals surface area (Å²) in [5, 5.41) is 0.140. The number of hydrogen-bond acceptors (Lipinski definition) is 5. The first kappa shape index (κ1) is 14.5. The van der Waals surface area contributed by atoms with E-state index in [2.05, 4.69) is 4.98 Å². The second-order valence-corrected chi connectivity index (χ2v) is 6.65. The molecule has 0 aromatic carbocycles. The third kappa shape index (κ3) is 3.00. The van der Waals surface area contributed by atoms with Gasteiger partial charge in [0.05, 0.1) is 17.7 Å². The van der Waals surface area contributed by atoms with Crippen LogP contribution in [0.4, 0.5) is 5.82 Å². The number of aromatic nitrogens is 1. The Morgan fingerprint density at radius 1 is 1.63 bits per heavy atom. The average Bonchev–Trinajstić information content (AvgIpc) is 2.41. The fraction of sp³-hybridized carbons (Fsp3) is 0.545. The van der Waals surface area contributed by atoms with Crippen molar-refractivity contribution in [1.82, 2.24) is 9.29 Å². The third-order valence-electron chi connectivity index (χ3n) is 3.04. The van der Waals surface area contributed by atoms with Crippen LogP contribution in [0.3, 0.4) is 0 Å². The number of ether oxygens (including phenoxy) is 1. The molecule has 2 rings (SSSR count). The van der Waals surface area contributed by atoms with E-state index in [0.717, 1.165) is 6.42 Å². The molecule has 1 aromatic heterocycles. The lowest BCUT2D eigenvalue weighted by Gasteiger charge is -2.31. The van der Waals surface area contributed by atoms with Gasteiger partial charge in [0.2, 0.25) is 10.0 Å². The summed E-state index contributed by atoms with van der Waals surface area (Å²) in [5.41, 5.74) is 5.48. The van der Waals surface area contributed by atoms with E-state index in [1.807, 2.05) is 6.92 Å². The van der Waals surface area contributed by atoms with Crippen LogP contribution in [0.2, 0.25) is 5.02 Å². The summed E-state index contributed by atoms with van der Waals surface area (Å²) in [6.45, 7) is 3.04. The Balaban J connectivity index is 2.28. The van der Waals surface area contributed by atoms with Crippen LogP contribution in [0, 0.1) is 0 Å². The number of hydrogen-bond donors (Lipinski definition) is 1. The van der Waals surface area contributed by atoms with Crippen molar-refractivity contribution < 1.29 is 13.2 Å². The molecule has 6 nitrogen and oxygen atoms in total. The molecule has 2 heterocycles. The molecule has 106 valence electrons. The third-order valence-corrected chi connectivity index (χ3v) is 5.17. The van der Waals surface area contributed by atoms with Gasteiger partial charge in [-0.1, -0.05) is 18.5 Å². The highest BCUT2D eigenvalue weighted by atomic mass is 35.5. The molecule has 1 aliphatic rings. The molecule has 0 amide bonds. The SMILES string of the molecule is CCC1CN(S(=O)(=O)c2cnc(N)c(Cl)c2)CCO1. The minimum Gasteiger partial charge on any atom is -0.382 e. The Hall–Kier alpha value is -0.890. The second kappa shape index (κ2) is 5.62. The topological polar surface area (TPSA) is 85.5 Å². The average molecular weight is 306 g/mol. The fourth-order valence-electron chi connectivity index (χ4n) is 1.88. The van der Waals surface area contributed by atoms with E-state index in [1.165, 1.54) is 16.6 Å². The fourth-order valence-corrected chi connectivity index (χ4v) is 3.54. The van der Waals surface area contributed by atoms with Crippen LogP contribution in [-0.2, 0) is 14.8 Å². The smallest absolute Gasteiger partial charge is 0.244 e. The van der Waals surface area contributed by atoms with Gasteiger partial charge in [0.25, 0.3) is 0 Å². The van der Waals surface area contributed by atoms with E-state index in [0.29, 0.717) is 19.7 Å². The molecule has 8 heteroatoms. The van der Waals surface area contributed by atoms with Crippen molar-refractivity contribution >= 4 is 27.4 Å². The minimum absolute atomic E-state index is 0.0588. The van der Waals surface area contributed by atoms with Crippen molar-refractivity contribution in [2.24, 2.45) is 0 Å². The second-order valence-electron chi connectivity index (χ2n) is 4.30. The minimum atomic E-state index is -3.59. The number of morpholine rings is 1. The number of nitrogens with zero attached hydrogens (tertiary/aromatic N) is 2. The Labute approximate surface area is 117 Å². The van der Waals surface area contributed by atoms with Crippen LogP contribution in [0.25, 0.3) is 0 Å². The van der Waals surface area contributed by atoms with Gasteiger partial charge in [0, 0.05) is 19.3 Å². The normalized spacial score (nSPS) is 21.5. The van der Waals surface area contributed by atoms with Crippen molar-refractivity contribution in [3.05, 3.63) is 17.3 Å². The summed E-state index contributed by atoms with van der Waals surface area (Å²) in [4.78, 5) is 3.85. The molecule has 1 fully saturated rings. The van der Waals surface area contributed by atoms with Crippen LogP contribution in [0.15, 0.2) is 17.2 Å². The van der Waals surface area contributed by atoms with E-state index < -0.39 is 10.0 Å². The van der Waals surface area contributed by atoms with E-state index >= 15 is 0 Å². The Morgan fingerprint density at radius 2 is 2.37 bits per heavy atom. The summed E-state index contributed by atoms with van der Waals surface area (Å²) in [6, 6.07) is 1.33. The van der Waals surface area contributed by atoms with E-state index in [4.69, 9.17) is 22.1 Å². The van der Waals surface area contributed by atoms with Crippen LogP contribution in [0.5, 0.6) is 0 Å². The molecule has 1 aromatic rings. The maximum absolute atomic E-state index is 12.4. The molecule has 0 bridgehead atoms. The number of halogens is 1. The summed E-state index contributed by atoms with van der Waals surface area (Å²) < 4.78 is 31.7. The Morgan fingerprint density at radius 3 is 3.00 bits per heavy atom. The maximum Gasteiger partial charge on any atom is 0.244 e. The number of sulfonamides is 1. The predicted octanol–water partition coefficient (Wildman–Crippen LogP) is 1.12. The van der Waals surface area contributed by atoms with Crippen LogP contribution < -0.4 is 5.73 Å². The first-order chi connectivity index (χ1) is 8.95. The van der Waals surface area contributed by atoms with Crippen molar-refractivity contribution in [3.63, 3.8) is 0 Å². The van der Waals surface area contributed by atoms with Crippen LogP contribution in [-0.4, -0.2) is 43.5 Å². The van der Waals surface area contributed by atoms with E-state index in [1.54, 1.807) is 0 Å². The van der Waals surface area contributed by atoms with Gasteiger partial charge >= 0.3 is 0 Å². The van der Waals surface area contributed by atoms with E-state index in [9.17, 15) is 8.42 Å². The van der Waals surface area contributed by atoms with Crippen molar-refractivity contribution in [3.8, 4) is 0 Å². The molecule has 0 saturated carbocycles. The predicted molar refractivity (Wildman–Crippen MR) is 72.4 cm³/mol. The molecule has 1 atom stereocenters. The highest BCUT2D eigenvalue weighted by Gasteiger charge is 2.30. The molecule has 1 unspecified atom stereocenters. The Bertz CT molecular complexity index is 564. The first-order valence-electron chi connectivity index (χ1n) is 5.98. The van der Waals surface area contributed by atoms with Gasteiger partial charge in [0.1, 0.15) is 10.7 Å². The lowest BCUT2D eigenvalue weighted by Crippen LogP contribution is -2.45. The molecule has 0 aliphatic carbocycles. The van der Waals surface area contributed by atoms with Crippen molar-refractivity contribution in [2.75, 3.05) is 25.4 Å². The van der Waals surface area contributed by atoms with Gasteiger partial charge in [-0.05, 0) is 12.5 Å². The number of rotatable bonds is 3. The lowest BCUT2D eigenvalue weighted by atomic mass is 10.2. The van der Waals surface area contributed by atoms with Gasteiger partial charge in [-0.2, -0.15) is 4.31 Å². The Kier molecular flexibility index (Phi) is 4.29. The maximum atomic E-state index is 12.4. The van der Waals surface area contributed by atoms with E-state index in [-0.39, 0.29) is 21.8 Å². The number of anilines is 1. The molecule has 19 heavy (non-hydrogen) atoms. The zero-order valence-electron chi connectivity index (χ0n) is 10.5. The molecule has 0 spiro atoms. The molecular weight excluding hydrogens is 290 g/mol. The summed E-state index contributed by atoms with van der Waals surface area (Å²) >= 11 is 5.82. The van der Waals surface area contributed by atoms with Crippen molar-refractivity contribution in [2.45, 2.75) is 24.3 Å². The van der Waals surface area contributed by atoms with Gasteiger partial charge in [-0.15, -0.1) is 0 Å². The van der Waals surface area contributed by atoms with Gasteiger partial charge in [-0.3, -0.25) is 0 Å². The molecule has 2 N–H and O–H groups in total. The van der Waals surface area contributed by atoms with Crippen molar-refractivity contribution in [1.29, 1.82) is 0 Å². The van der Waals surface area contributed by atoms with Crippen LogP contribution in [0.1, 0.15) is 13.3 Å². The molecular formula is C11H16ClN3O3S. The number of pyridine rings is 1. The van der Waals surface area contributed by atoms with Gasteiger partial charge < -0.3 is 10.5 Å². The number of nitrogen functional groups attached to an aromatic ring is 1. The zero-order valence-corrected chi connectivity index (χ0v) is 12.1. The largest absolute Gasteiger partial charge is 0.382 e. The van der Waals surface area contributed by atoms with Gasteiger partial charge in [0.15, 0.2) is 0 Å². The quantitative estimate of drug-likeness (QED) is 0.904. The van der Waals surface area contributed by atoms with Crippen LogP contribution >= 0.6 is 11.6 Å². The molecule has 0 radical (unpaired) electrons. The monoisotopic (exact) mass is 305 g/mol.